The first-order valence-electron chi connectivity index (χ1n) is 6.79. The van der Waals surface area contributed by atoms with E-state index in [2.05, 4.69) is 18.1 Å². The summed E-state index contributed by atoms with van der Waals surface area (Å²) in [7, 11) is -1.60. The molecule has 0 aliphatic carbocycles. The molecule has 0 saturated carbocycles. The van der Waals surface area contributed by atoms with Crippen LogP contribution >= 0.6 is 0 Å². The van der Waals surface area contributed by atoms with Crippen molar-refractivity contribution in [3.05, 3.63) is 71.8 Å². The molecule has 0 aliphatic rings. The Morgan fingerprint density at radius 3 is 1.24 bits per heavy atom. The van der Waals surface area contributed by atoms with Gasteiger partial charge in [-0.05, 0) is 24.3 Å². The molecule has 2 rings (SSSR count). The Morgan fingerprint density at radius 1 is 0.680 bits per heavy atom. The lowest BCUT2D eigenvalue weighted by molar-refractivity contribution is -0.187. The lowest BCUT2D eigenvalue weighted by Gasteiger charge is -2.02. The van der Waals surface area contributed by atoms with Crippen LogP contribution in [0.1, 0.15) is 20.7 Å². The Labute approximate surface area is 145 Å². The minimum atomic E-state index is -3.66. The van der Waals surface area contributed by atoms with Crippen LogP contribution in [0.15, 0.2) is 60.7 Å². The van der Waals surface area contributed by atoms with E-state index in [0.717, 1.165) is 14.2 Å². The lowest BCUT2D eigenvalue weighted by Crippen LogP contribution is -2.11. The monoisotopic (exact) mass is 368 g/mol. The molecule has 9 heteroatoms. The summed E-state index contributed by atoms with van der Waals surface area (Å²) < 4.78 is 27.5. The van der Waals surface area contributed by atoms with E-state index in [1.165, 1.54) is 0 Å². The molecule has 0 N–H and O–H groups in total. The Balaban J connectivity index is 0.000000381. The molecule has 2 aromatic rings. The number of hydrogen-bond acceptors (Lipinski definition) is 8. The van der Waals surface area contributed by atoms with Crippen molar-refractivity contribution in [3.63, 3.8) is 0 Å². The maximum atomic E-state index is 11.5. The van der Waals surface area contributed by atoms with Crippen LogP contribution in [0.4, 0.5) is 0 Å². The molecule has 0 fully saturated rings. The molecule has 0 atom stereocenters. The van der Waals surface area contributed by atoms with E-state index >= 15 is 0 Å². The summed E-state index contributed by atoms with van der Waals surface area (Å²) in [5, 5.41) is 0. The zero-order valence-corrected chi connectivity index (χ0v) is 14.3. The molecule has 0 unspecified atom stereocenters. The Morgan fingerprint density at radius 2 is 1.00 bits per heavy atom. The van der Waals surface area contributed by atoms with Crippen molar-refractivity contribution in [2.24, 2.45) is 0 Å². The highest BCUT2D eigenvalue weighted by Crippen LogP contribution is 2.05. The van der Waals surface area contributed by atoms with Gasteiger partial charge in [-0.3, -0.25) is 8.37 Å². The van der Waals surface area contributed by atoms with Gasteiger partial charge in [0, 0.05) is 0 Å². The van der Waals surface area contributed by atoms with Crippen LogP contribution in [0, 0.1) is 0 Å². The molecular formula is C16H16O8S. The number of hydrogen-bond donors (Lipinski definition) is 0. The van der Waals surface area contributed by atoms with E-state index < -0.39 is 22.3 Å². The number of carbonyl (C=O) groups excluding carboxylic acids is 2. The van der Waals surface area contributed by atoms with Gasteiger partial charge < -0.3 is 0 Å². The Hall–Kier alpha value is -2.75. The summed E-state index contributed by atoms with van der Waals surface area (Å²) in [5.74, 6) is -1.42. The van der Waals surface area contributed by atoms with Gasteiger partial charge in [-0.1, -0.05) is 36.4 Å². The number of rotatable bonds is 4. The van der Waals surface area contributed by atoms with Crippen LogP contribution in [0.2, 0.25) is 0 Å². The molecule has 0 radical (unpaired) electrons. The van der Waals surface area contributed by atoms with Gasteiger partial charge >= 0.3 is 22.3 Å². The summed E-state index contributed by atoms with van der Waals surface area (Å²) in [6, 6.07) is 16.6. The highest BCUT2D eigenvalue weighted by atomic mass is 32.3. The van der Waals surface area contributed by atoms with E-state index in [9.17, 15) is 18.0 Å². The van der Waals surface area contributed by atoms with Crippen molar-refractivity contribution in [2.75, 3.05) is 14.2 Å². The summed E-state index contributed by atoms with van der Waals surface area (Å²) in [4.78, 5) is 31.9. The smallest absolute Gasteiger partial charge is 0.252 e. The quantitative estimate of drug-likeness (QED) is 0.597. The van der Waals surface area contributed by atoms with Crippen molar-refractivity contribution in [2.45, 2.75) is 0 Å². The van der Waals surface area contributed by atoms with Crippen LogP contribution in [-0.2, 0) is 28.5 Å². The van der Waals surface area contributed by atoms with Gasteiger partial charge in [0.05, 0.1) is 25.3 Å². The normalized spacial score (nSPS) is 10.2. The summed E-state index contributed by atoms with van der Waals surface area (Å²) >= 11 is 0. The molecule has 0 aromatic heterocycles. The van der Waals surface area contributed by atoms with Crippen molar-refractivity contribution in [1.29, 1.82) is 0 Å². The first-order chi connectivity index (χ1) is 11.9. The van der Waals surface area contributed by atoms with Crippen molar-refractivity contribution in [3.8, 4) is 0 Å². The molecule has 0 bridgehead atoms. The second-order valence-corrected chi connectivity index (χ2v) is 5.70. The summed E-state index contributed by atoms with van der Waals surface area (Å²) in [5.41, 5.74) is 0.636. The molecule has 0 amide bonds. The van der Waals surface area contributed by atoms with Gasteiger partial charge in [0.15, 0.2) is 0 Å². The second kappa shape index (κ2) is 10.2. The van der Waals surface area contributed by atoms with Crippen LogP contribution in [-0.4, -0.2) is 34.6 Å². The molecule has 0 aliphatic heterocycles. The van der Waals surface area contributed by atoms with Crippen molar-refractivity contribution in [1.82, 2.24) is 0 Å². The highest BCUT2D eigenvalue weighted by molar-refractivity contribution is 7.81. The largest absolute Gasteiger partial charge is 0.399 e. The number of carbonyl (C=O) groups is 2. The van der Waals surface area contributed by atoms with Crippen molar-refractivity contribution < 1.29 is 36.1 Å². The van der Waals surface area contributed by atoms with E-state index in [1.54, 1.807) is 60.7 Å². The summed E-state index contributed by atoms with van der Waals surface area (Å²) in [6.45, 7) is 0. The molecule has 2 aromatic carbocycles. The number of benzene rings is 2. The first kappa shape index (κ1) is 20.3. The minimum Gasteiger partial charge on any atom is -0.252 e. The molecule has 134 valence electrons. The van der Waals surface area contributed by atoms with E-state index in [1.807, 2.05) is 0 Å². The second-order valence-electron chi connectivity index (χ2n) is 4.22. The fraction of sp³-hybridized carbons (Fsp3) is 0.125. The highest BCUT2D eigenvalue weighted by Gasteiger charge is 2.13. The maximum Gasteiger partial charge on any atom is 0.399 e. The van der Waals surface area contributed by atoms with Gasteiger partial charge in [-0.2, -0.15) is 8.42 Å². The van der Waals surface area contributed by atoms with Gasteiger partial charge in [0.25, 0.3) is 0 Å². The van der Waals surface area contributed by atoms with E-state index in [-0.39, 0.29) is 0 Å². The third-order valence-electron chi connectivity index (χ3n) is 2.62. The fourth-order valence-electron chi connectivity index (χ4n) is 1.39. The molecule has 0 spiro atoms. The predicted molar refractivity (Wildman–Crippen MR) is 86.7 cm³/mol. The zero-order valence-electron chi connectivity index (χ0n) is 13.4. The Bertz CT molecular complexity index is 711. The van der Waals surface area contributed by atoms with Gasteiger partial charge in [0.1, 0.15) is 0 Å². The average Bonchev–Trinajstić information content (AvgIpc) is 2.67. The third kappa shape index (κ3) is 7.57. The predicted octanol–water partition coefficient (Wildman–Crippen LogP) is 2.14. The zero-order chi connectivity index (χ0) is 18.7. The molecule has 0 heterocycles. The molecule has 8 nitrogen and oxygen atoms in total. The van der Waals surface area contributed by atoms with Crippen LogP contribution < -0.4 is 0 Å². The van der Waals surface area contributed by atoms with Gasteiger partial charge in [-0.25, -0.2) is 19.4 Å². The van der Waals surface area contributed by atoms with Crippen LogP contribution in [0.5, 0.6) is 0 Å². The molecular weight excluding hydrogens is 352 g/mol. The lowest BCUT2D eigenvalue weighted by atomic mass is 10.2. The van der Waals surface area contributed by atoms with E-state index in [4.69, 9.17) is 0 Å². The standard InChI is InChI=1S/C14H10O4.C2H6O4S/c15-13(11-7-3-1-4-8-11)17-18-14(16)12-9-5-2-6-10-12;1-5-7(3,4)6-2/h1-10H;1-2H3. The van der Waals surface area contributed by atoms with Gasteiger partial charge in [0.2, 0.25) is 0 Å². The average molecular weight is 368 g/mol. The SMILES string of the molecule is COS(=O)(=O)OC.O=C(OOC(=O)c1ccccc1)c1ccccc1. The maximum absolute atomic E-state index is 11.5. The fourth-order valence-corrected chi connectivity index (χ4v) is 1.52. The topological polar surface area (TPSA) is 105 Å². The molecule has 25 heavy (non-hydrogen) atoms. The van der Waals surface area contributed by atoms with Crippen molar-refractivity contribution >= 4 is 22.3 Å². The summed E-state index contributed by atoms with van der Waals surface area (Å²) in [6.07, 6.45) is 0. The molecule has 0 saturated heterocycles. The van der Waals surface area contributed by atoms with Crippen LogP contribution in [0.25, 0.3) is 0 Å². The third-order valence-corrected chi connectivity index (χ3v) is 3.44. The minimum absolute atomic E-state index is 0.318. The van der Waals surface area contributed by atoms with Gasteiger partial charge in [-0.15, -0.1) is 0 Å². The first-order valence-corrected chi connectivity index (χ1v) is 8.12. The van der Waals surface area contributed by atoms with E-state index in [0.29, 0.717) is 11.1 Å². The Kier molecular flexibility index (Phi) is 8.27. The van der Waals surface area contributed by atoms with Crippen LogP contribution in [0.3, 0.4) is 0 Å².